The van der Waals surface area contributed by atoms with Crippen LogP contribution in [0.4, 0.5) is 0 Å². The minimum absolute atomic E-state index is 0.0204. The van der Waals surface area contributed by atoms with Crippen LogP contribution in [0.5, 0.6) is 5.88 Å². The molecule has 2 aromatic rings. The number of aromatic nitrogens is 2. The van der Waals surface area contributed by atoms with E-state index in [-0.39, 0.29) is 5.92 Å². The third-order valence-electron chi connectivity index (χ3n) is 6.86. The van der Waals surface area contributed by atoms with Gasteiger partial charge in [-0.1, -0.05) is 18.9 Å². The average molecular weight is 440 g/mol. The molecular weight excluding hydrogens is 410 g/mol. The van der Waals surface area contributed by atoms with Gasteiger partial charge in [-0.15, -0.1) is 5.10 Å². The van der Waals surface area contributed by atoms with E-state index in [0.717, 1.165) is 50.6 Å². The first kappa shape index (κ1) is 21.0. The van der Waals surface area contributed by atoms with Gasteiger partial charge in [-0.05, 0) is 50.2 Å². The molecule has 2 unspecified atom stereocenters. The molecule has 0 bridgehead atoms. The Morgan fingerprint density at radius 1 is 1.06 bits per heavy atom. The molecule has 0 radical (unpaired) electrons. The molecule has 170 valence electrons. The molecule has 2 aromatic heterocycles. The number of hydrogen-bond donors (Lipinski definition) is 0. The summed E-state index contributed by atoms with van der Waals surface area (Å²) in [5.41, 5.74) is 0.991. The number of carbonyl (C=O) groups is 2. The topological polar surface area (TPSA) is 82.4 Å². The Balaban J connectivity index is 1.22. The molecule has 5 rings (SSSR count). The van der Waals surface area contributed by atoms with Crippen LogP contribution in [-0.2, 0) is 19.1 Å². The lowest BCUT2D eigenvalue weighted by Crippen LogP contribution is -2.64. The average Bonchev–Trinajstić information content (AvgIpc) is 3.15. The van der Waals surface area contributed by atoms with Crippen molar-refractivity contribution in [3.63, 3.8) is 0 Å². The Hall–Kier alpha value is -2.87. The van der Waals surface area contributed by atoms with Gasteiger partial charge in [0.25, 0.3) is 0 Å². The third kappa shape index (κ3) is 4.11. The normalized spacial score (nSPS) is 25.2. The fourth-order valence-corrected chi connectivity index (χ4v) is 5.37. The van der Waals surface area contributed by atoms with Gasteiger partial charge in [0.2, 0.25) is 5.88 Å². The Kier molecular flexibility index (Phi) is 5.87. The molecule has 4 heterocycles. The number of pyridine rings is 1. The number of piperidine rings is 1. The first-order chi connectivity index (χ1) is 15.6. The summed E-state index contributed by atoms with van der Waals surface area (Å²) in [5.74, 6) is -1.27. The molecule has 0 amide bonds. The van der Waals surface area contributed by atoms with E-state index in [1.54, 1.807) is 4.52 Å². The molecule has 2 aliphatic heterocycles. The molecule has 1 saturated heterocycles. The molecule has 1 saturated carbocycles. The van der Waals surface area contributed by atoms with Gasteiger partial charge in [0.15, 0.2) is 0 Å². The zero-order valence-corrected chi connectivity index (χ0v) is 18.2. The van der Waals surface area contributed by atoms with Crippen LogP contribution in [0.2, 0.25) is 0 Å². The Morgan fingerprint density at radius 3 is 2.69 bits per heavy atom. The van der Waals surface area contributed by atoms with Crippen LogP contribution in [0.3, 0.4) is 0 Å². The Labute approximate surface area is 187 Å². The second kappa shape index (κ2) is 8.94. The highest BCUT2D eigenvalue weighted by Crippen LogP contribution is 2.47. The zero-order valence-electron chi connectivity index (χ0n) is 18.2. The van der Waals surface area contributed by atoms with E-state index in [4.69, 9.17) is 14.2 Å². The van der Waals surface area contributed by atoms with Crippen LogP contribution in [-0.4, -0.2) is 52.1 Å². The van der Waals surface area contributed by atoms with Crippen LogP contribution in [0.15, 0.2) is 42.6 Å². The van der Waals surface area contributed by atoms with Gasteiger partial charge in [-0.3, -0.25) is 0 Å². The van der Waals surface area contributed by atoms with E-state index in [1.165, 1.54) is 18.6 Å². The van der Waals surface area contributed by atoms with Crippen LogP contribution in [0, 0.1) is 11.8 Å². The smallest absolute Gasteiger partial charge is 0.335 e. The molecular formula is C24H29N3O5. The lowest BCUT2D eigenvalue weighted by molar-refractivity contribution is -0.330. The lowest BCUT2D eigenvalue weighted by Gasteiger charge is -2.52. The minimum atomic E-state index is -1.29. The van der Waals surface area contributed by atoms with Crippen molar-refractivity contribution in [3.05, 3.63) is 42.6 Å². The van der Waals surface area contributed by atoms with Crippen molar-refractivity contribution in [1.29, 1.82) is 0 Å². The predicted molar refractivity (Wildman–Crippen MR) is 116 cm³/mol. The Bertz CT molecular complexity index is 963. The number of carbonyl (C=O) groups excluding carboxylic acids is 2. The second-order valence-corrected chi connectivity index (χ2v) is 8.84. The van der Waals surface area contributed by atoms with Crippen LogP contribution >= 0.6 is 0 Å². The maximum Gasteiger partial charge on any atom is 0.335 e. The maximum atomic E-state index is 12.3. The van der Waals surface area contributed by atoms with Crippen LogP contribution in [0.25, 0.3) is 5.52 Å². The molecule has 8 heteroatoms. The van der Waals surface area contributed by atoms with Crippen LogP contribution in [0.1, 0.15) is 44.9 Å². The van der Waals surface area contributed by atoms with E-state index in [9.17, 15) is 9.59 Å². The summed E-state index contributed by atoms with van der Waals surface area (Å²) >= 11 is 0. The monoisotopic (exact) mass is 439 g/mol. The predicted octanol–water partition coefficient (Wildman–Crippen LogP) is 3.32. The fourth-order valence-electron chi connectivity index (χ4n) is 5.37. The van der Waals surface area contributed by atoms with E-state index in [1.807, 2.05) is 30.5 Å². The number of nitrogens with zero attached hydrogens (tertiary/aromatic N) is 3. The summed E-state index contributed by atoms with van der Waals surface area (Å²) in [5, 5.41) is 4.40. The standard InChI is InChI=1S/C24H29N3O5/c28-22-10-11-23(29)32-24(31-22)20-9-2-1-7-18(20)12-15-26(24)13-5-6-16-30-21-17-19-8-3-4-14-27(19)25-21/h3-4,8,10-11,14,17-18,20H,1-2,5-7,9,12-13,15-16H2. The quantitative estimate of drug-likeness (QED) is 0.504. The van der Waals surface area contributed by atoms with E-state index >= 15 is 0 Å². The number of esters is 2. The summed E-state index contributed by atoms with van der Waals surface area (Å²) < 4.78 is 19.3. The number of likely N-dealkylation sites (tertiary alicyclic amines) is 1. The van der Waals surface area contributed by atoms with Gasteiger partial charge in [-0.2, -0.15) is 0 Å². The summed E-state index contributed by atoms with van der Waals surface area (Å²) in [4.78, 5) is 26.7. The van der Waals surface area contributed by atoms with Crippen molar-refractivity contribution >= 4 is 17.5 Å². The molecule has 3 aliphatic rings. The largest absolute Gasteiger partial charge is 0.477 e. The van der Waals surface area contributed by atoms with Crippen molar-refractivity contribution in [1.82, 2.24) is 14.5 Å². The Morgan fingerprint density at radius 2 is 1.88 bits per heavy atom. The van der Waals surface area contributed by atoms with Gasteiger partial charge in [-0.25, -0.2) is 19.0 Å². The van der Waals surface area contributed by atoms with Gasteiger partial charge in [0, 0.05) is 37.5 Å². The summed E-state index contributed by atoms with van der Waals surface area (Å²) in [6.45, 7) is 1.95. The molecule has 0 N–H and O–H groups in total. The molecule has 0 aromatic carbocycles. The molecule has 2 atom stereocenters. The SMILES string of the molecule is O=C1C=CC(=O)OC2(O1)C1CCCCC1CCN2CCCCOc1cc2ccccn2n1. The van der Waals surface area contributed by atoms with Crippen molar-refractivity contribution in [3.8, 4) is 5.88 Å². The summed E-state index contributed by atoms with van der Waals surface area (Å²) in [7, 11) is 0. The van der Waals surface area contributed by atoms with Gasteiger partial charge >= 0.3 is 17.8 Å². The highest BCUT2D eigenvalue weighted by atomic mass is 16.8. The van der Waals surface area contributed by atoms with Gasteiger partial charge in [0.05, 0.1) is 18.0 Å². The molecule has 8 nitrogen and oxygen atoms in total. The second-order valence-electron chi connectivity index (χ2n) is 8.84. The minimum Gasteiger partial charge on any atom is -0.477 e. The number of unbranched alkanes of at least 4 members (excludes halogenated alkanes) is 1. The van der Waals surface area contributed by atoms with Crippen molar-refractivity contribution in [2.75, 3.05) is 19.7 Å². The maximum absolute atomic E-state index is 12.3. The number of rotatable bonds is 6. The van der Waals surface area contributed by atoms with Crippen molar-refractivity contribution in [2.24, 2.45) is 11.8 Å². The molecule has 32 heavy (non-hydrogen) atoms. The molecule has 1 aliphatic carbocycles. The molecule has 2 fully saturated rings. The number of hydrogen-bond acceptors (Lipinski definition) is 7. The first-order valence-electron chi connectivity index (χ1n) is 11.6. The van der Waals surface area contributed by atoms with E-state index in [2.05, 4.69) is 10.00 Å². The zero-order chi connectivity index (χ0) is 22.0. The highest BCUT2D eigenvalue weighted by molar-refractivity contribution is 5.93. The summed E-state index contributed by atoms with van der Waals surface area (Å²) in [6.07, 6.45) is 11.1. The summed E-state index contributed by atoms with van der Waals surface area (Å²) in [6, 6.07) is 7.80. The fraction of sp³-hybridized carbons (Fsp3) is 0.542. The highest BCUT2D eigenvalue weighted by Gasteiger charge is 2.57. The van der Waals surface area contributed by atoms with E-state index in [0.29, 0.717) is 24.9 Å². The number of ether oxygens (including phenoxy) is 3. The third-order valence-corrected chi connectivity index (χ3v) is 6.86. The number of fused-ring (bicyclic) bond motifs is 3. The lowest BCUT2D eigenvalue weighted by atomic mass is 9.72. The van der Waals surface area contributed by atoms with Crippen molar-refractivity contribution in [2.45, 2.75) is 50.9 Å². The van der Waals surface area contributed by atoms with E-state index < -0.39 is 17.8 Å². The van der Waals surface area contributed by atoms with Crippen LogP contribution < -0.4 is 4.74 Å². The van der Waals surface area contributed by atoms with Gasteiger partial charge in [0.1, 0.15) is 0 Å². The van der Waals surface area contributed by atoms with Gasteiger partial charge < -0.3 is 14.2 Å². The molecule has 1 spiro atoms. The van der Waals surface area contributed by atoms with Crippen molar-refractivity contribution < 1.29 is 23.8 Å². The first-order valence-corrected chi connectivity index (χ1v) is 11.6.